The third-order valence-corrected chi connectivity index (χ3v) is 4.24. The van der Waals surface area contributed by atoms with E-state index in [4.69, 9.17) is 16.0 Å². The second kappa shape index (κ2) is 8.53. The molecule has 0 saturated carbocycles. The number of nitro benzene ring substituents is 1. The lowest BCUT2D eigenvalue weighted by atomic mass is 10.1. The highest BCUT2D eigenvalue weighted by Gasteiger charge is 2.14. The minimum absolute atomic E-state index is 0.00590. The maximum Gasteiger partial charge on any atom is 0.319 e. The van der Waals surface area contributed by atoms with Crippen LogP contribution in [0.1, 0.15) is 11.3 Å². The summed E-state index contributed by atoms with van der Waals surface area (Å²) in [5, 5.41) is 16.1. The molecule has 0 atom stereocenters. The van der Waals surface area contributed by atoms with E-state index in [1.807, 2.05) is 31.2 Å². The lowest BCUT2D eigenvalue weighted by molar-refractivity contribution is -0.384. The van der Waals surface area contributed by atoms with E-state index in [2.05, 4.69) is 15.6 Å². The van der Waals surface area contributed by atoms with E-state index >= 15 is 0 Å². The summed E-state index contributed by atoms with van der Waals surface area (Å²) in [6.07, 6.45) is 2.03. The van der Waals surface area contributed by atoms with Gasteiger partial charge in [0.15, 0.2) is 0 Å². The maximum atomic E-state index is 12.0. The molecule has 0 radical (unpaired) electrons. The van der Waals surface area contributed by atoms with Gasteiger partial charge in [0.05, 0.1) is 10.6 Å². The van der Waals surface area contributed by atoms with Crippen LogP contribution >= 0.6 is 11.6 Å². The average Bonchev–Trinajstić information content (AvgIpc) is 3.12. The van der Waals surface area contributed by atoms with Crippen molar-refractivity contribution in [2.75, 3.05) is 11.9 Å². The molecular weight excluding hydrogens is 384 g/mol. The molecule has 2 N–H and O–H groups in total. The molecule has 0 spiro atoms. The molecule has 0 aliphatic heterocycles. The molecular formula is C19H17ClN4O4. The number of aryl methyl sites for hydroxylation is 1. The van der Waals surface area contributed by atoms with Crippen LogP contribution in [0, 0.1) is 17.0 Å². The summed E-state index contributed by atoms with van der Waals surface area (Å²) in [6.45, 7) is 2.32. The molecule has 0 unspecified atom stereocenters. The van der Waals surface area contributed by atoms with Gasteiger partial charge in [0.25, 0.3) is 5.69 Å². The van der Waals surface area contributed by atoms with Crippen molar-refractivity contribution < 1.29 is 14.1 Å². The van der Waals surface area contributed by atoms with Crippen LogP contribution in [-0.2, 0) is 6.42 Å². The van der Waals surface area contributed by atoms with Crippen molar-refractivity contribution >= 4 is 29.0 Å². The topological polar surface area (TPSA) is 110 Å². The van der Waals surface area contributed by atoms with E-state index < -0.39 is 11.0 Å². The van der Waals surface area contributed by atoms with Crippen LogP contribution in [0.15, 0.2) is 53.1 Å². The molecule has 3 rings (SSSR count). The van der Waals surface area contributed by atoms with E-state index in [0.29, 0.717) is 24.6 Å². The number of hydrogen-bond donors (Lipinski definition) is 2. The molecule has 9 heteroatoms. The fraction of sp³-hybridized carbons (Fsp3) is 0.158. The SMILES string of the molecule is Cc1ccc(-c2nc(CCNC(=O)Nc3ccc(Cl)c([N+](=O)[O-])c3)co2)cc1. The number of oxazole rings is 1. The molecule has 28 heavy (non-hydrogen) atoms. The largest absolute Gasteiger partial charge is 0.444 e. The summed E-state index contributed by atoms with van der Waals surface area (Å²) >= 11 is 5.75. The third-order valence-electron chi connectivity index (χ3n) is 3.92. The number of carbonyl (C=O) groups is 1. The van der Waals surface area contributed by atoms with Crippen molar-refractivity contribution in [1.82, 2.24) is 10.3 Å². The lowest BCUT2D eigenvalue weighted by Gasteiger charge is -2.07. The summed E-state index contributed by atoms with van der Waals surface area (Å²) in [7, 11) is 0. The zero-order chi connectivity index (χ0) is 20.1. The van der Waals surface area contributed by atoms with Crippen LogP contribution in [0.5, 0.6) is 0 Å². The molecule has 1 heterocycles. The predicted molar refractivity (Wildman–Crippen MR) is 106 cm³/mol. The average molecular weight is 401 g/mol. The van der Waals surface area contributed by atoms with Crippen LogP contribution in [0.3, 0.4) is 0 Å². The van der Waals surface area contributed by atoms with Gasteiger partial charge < -0.3 is 15.1 Å². The number of hydrogen-bond acceptors (Lipinski definition) is 5. The number of carbonyl (C=O) groups excluding carboxylic acids is 1. The summed E-state index contributed by atoms with van der Waals surface area (Å²) in [5.74, 6) is 0.521. The quantitative estimate of drug-likeness (QED) is 0.465. The number of halogens is 1. The molecule has 2 aromatic carbocycles. The Bertz CT molecular complexity index is 1000. The Morgan fingerprint density at radius 1 is 1.25 bits per heavy atom. The first-order valence-electron chi connectivity index (χ1n) is 8.42. The van der Waals surface area contributed by atoms with Crippen LogP contribution in [0.2, 0.25) is 5.02 Å². The molecule has 0 aliphatic rings. The Morgan fingerprint density at radius 3 is 2.71 bits per heavy atom. The number of nitrogens with zero attached hydrogens (tertiary/aromatic N) is 2. The smallest absolute Gasteiger partial charge is 0.319 e. The van der Waals surface area contributed by atoms with Gasteiger partial charge in [-0.3, -0.25) is 10.1 Å². The number of aromatic nitrogens is 1. The van der Waals surface area contributed by atoms with E-state index in [1.165, 1.54) is 18.2 Å². The Hall–Kier alpha value is -3.39. The van der Waals surface area contributed by atoms with E-state index in [0.717, 1.165) is 11.1 Å². The molecule has 0 bridgehead atoms. The minimum atomic E-state index is -0.609. The molecule has 8 nitrogen and oxygen atoms in total. The normalized spacial score (nSPS) is 10.5. The van der Waals surface area contributed by atoms with E-state index in [1.54, 1.807) is 6.26 Å². The second-order valence-electron chi connectivity index (χ2n) is 6.06. The van der Waals surface area contributed by atoms with Crippen molar-refractivity contribution in [3.63, 3.8) is 0 Å². The Labute approximate surface area is 165 Å². The molecule has 144 valence electrons. The van der Waals surface area contributed by atoms with Gasteiger partial charge in [-0.2, -0.15) is 0 Å². The zero-order valence-electron chi connectivity index (χ0n) is 14.9. The van der Waals surface area contributed by atoms with Gasteiger partial charge in [-0.05, 0) is 31.2 Å². The van der Waals surface area contributed by atoms with Gasteiger partial charge in [-0.25, -0.2) is 9.78 Å². The summed E-state index contributed by atoms with van der Waals surface area (Å²) < 4.78 is 5.47. The highest BCUT2D eigenvalue weighted by atomic mass is 35.5. The first-order valence-corrected chi connectivity index (χ1v) is 8.80. The Kier molecular flexibility index (Phi) is 5.90. The molecule has 0 aliphatic carbocycles. The van der Waals surface area contributed by atoms with Crippen molar-refractivity contribution in [2.45, 2.75) is 13.3 Å². The third kappa shape index (κ3) is 4.86. The first-order chi connectivity index (χ1) is 13.4. The fourth-order valence-corrected chi connectivity index (χ4v) is 2.65. The van der Waals surface area contributed by atoms with Gasteiger partial charge in [-0.15, -0.1) is 0 Å². The summed E-state index contributed by atoms with van der Waals surface area (Å²) in [5.41, 5.74) is 2.74. The second-order valence-corrected chi connectivity index (χ2v) is 6.47. The number of urea groups is 1. The molecule has 2 amide bonds. The Morgan fingerprint density at radius 2 is 2.00 bits per heavy atom. The summed E-state index contributed by atoms with van der Waals surface area (Å²) in [4.78, 5) is 26.6. The number of nitro groups is 1. The van der Waals surface area contributed by atoms with Crippen LogP contribution in [0.25, 0.3) is 11.5 Å². The zero-order valence-corrected chi connectivity index (χ0v) is 15.7. The van der Waals surface area contributed by atoms with Crippen LogP contribution < -0.4 is 10.6 Å². The predicted octanol–water partition coefficient (Wildman–Crippen LogP) is 4.58. The first kappa shape index (κ1) is 19.4. The van der Waals surface area contributed by atoms with Crippen LogP contribution in [0.4, 0.5) is 16.2 Å². The van der Waals surface area contributed by atoms with Gasteiger partial charge in [0.2, 0.25) is 5.89 Å². The number of nitrogens with one attached hydrogen (secondary N) is 2. The van der Waals surface area contributed by atoms with Gasteiger partial charge in [0.1, 0.15) is 11.3 Å². The monoisotopic (exact) mass is 400 g/mol. The molecule has 3 aromatic rings. The lowest BCUT2D eigenvalue weighted by Crippen LogP contribution is -2.30. The standard InChI is InChI=1S/C19H17ClN4O4/c1-12-2-4-13(5-3-12)18-22-15(11-28-18)8-9-21-19(25)23-14-6-7-16(20)17(10-14)24(26)27/h2-7,10-11H,8-9H2,1H3,(H2,21,23,25). The van der Waals surface area contributed by atoms with Gasteiger partial charge in [0, 0.05) is 30.3 Å². The Balaban J connectivity index is 1.51. The number of amides is 2. The minimum Gasteiger partial charge on any atom is -0.444 e. The van der Waals surface area contributed by atoms with Crippen LogP contribution in [-0.4, -0.2) is 22.5 Å². The molecule has 1 aromatic heterocycles. The van der Waals surface area contributed by atoms with Crippen molar-refractivity contribution in [1.29, 1.82) is 0 Å². The van der Waals surface area contributed by atoms with Gasteiger partial charge >= 0.3 is 6.03 Å². The van der Waals surface area contributed by atoms with Crippen molar-refractivity contribution in [3.8, 4) is 11.5 Å². The maximum absolute atomic E-state index is 12.0. The molecule has 0 saturated heterocycles. The molecule has 0 fully saturated rings. The highest BCUT2D eigenvalue weighted by Crippen LogP contribution is 2.27. The fourth-order valence-electron chi connectivity index (χ4n) is 2.46. The van der Waals surface area contributed by atoms with Crippen molar-refractivity contribution in [2.24, 2.45) is 0 Å². The van der Waals surface area contributed by atoms with E-state index in [9.17, 15) is 14.9 Å². The number of anilines is 1. The van der Waals surface area contributed by atoms with Gasteiger partial charge in [-0.1, -0.05) is 29.3 Å². The highest BCUT2D eigenvalue weighted by molar-refractivity contribution is 6.32. The summed E-state index contributed by atoms with van der Waals surface area (Å²) in [6, 6.07) is 11.4. The number of rotatable bonds is 6. The van der Waals surface area contributed by atoms with Crippen molar-refractivity contribution in [3.05, 3.63) is 75.1 Å². The van der Waals surface area contributed by atoms with E-state index in [-0.39, 0.29) is 16.4 Å². The number of benzene rings is 2.